The number of nitrogens with zero attached hydrogens (tertiary/aromatic N) is 2. The standard InChI is InChI=1S/C11H11N3O3S2/c1-19(16,17)11-14-9(7-18-11)6-13-10(15)8-2-4-12-5-3-8/h2-5,7H,6H2,1H3,(H,13,15). The molecule has 8 heteroatoms. The third-order valence-electron chi connectivity index (χ3n) is 2.22. The monoisotopic (exact) mass is 297 g/mol. The van der Waals surface area contributed by atoms with E-state index in [4.69, 9.17) is 0 Å². The first-order valence-corrected chi connectivity index (χ1v) is 8.06. The molecule has 0 aliphatic carbocycles. The summed E-state index contributed by atoms with van der Waals surface area (Å²) >= 11 is 1.04. The Bertz CT molecular complexity index is 680. The number of hydrogen-bond donors (Lipinski definition) is 1. The van der Waals surface area contributed by atoms with E-state index < -0.39 is 9.84 Å². The van der Waals surface area contributed by atoms with Gasteiger partial charge in [0.05, 0.1) is 12.2 Å². The van der Waals surface area contributed by atoms with Crippen LogP contribution in [0, 0.1) is 0 Å². The molecular weight excluding hydrogens is 286 g/mol. The smallest absolute Gasteiger partial charge is 0.251 e. The minimum atomic E-state index is -3.29. The van der Waals surface area contributed by atoms with E-state index in [2.05, 4.69) is 15.3 Å². The lowest BCUT2D eigenvalue weighted by Gasteiger charge is -2.02. The topological polar surface area (TPSA) is 89.0 Å². The average molecular weight is 297 g/mol. The molecule has 0 aliphatic rings. The Hall–Kier alpha value is -1.80. The van der Waals surface area contributed by atoms with E-state index in [0.717, 1.165) is 17.6 Å². The highest BCUT2D eigenvalue weighted by molar-refractivity contribution is 7.92. The number of carbonyl (C=O) groups excluding carboxylic acids is 1. The number of amides is 1. The second kappa shape index (κ2) is 5.45. The maximum absolute atomic E-state index is 11.7. The third kappa shape index (κ3) is 3.58. The molecule has 6 nitrogen and oxygen atoms in total. The quantitative estimate of drug-likeness (QED) is 0.904. The van der Waals surface area contributed by atoms with E-state index in [1.165, 1.54) is 12.4 Å². The highest BCUT2D eigenvalue weighted by Crippen LogP contribution is 2.15. The van der Waals surface area contributed by atoms with Gasteiger partial charge in [0.25, 0.3) is 5.91 Å². The van der Waals surface area contributed by atoms with Crippen LogP contribution >= 0.6 is 11.3 Å². The largest absolute Gasteiger partial charge is 0.346 e. The predicted molar refractivity (Wildman–Crippen MR) is 70.6 cm³/mol. The van der Waals surface area contributed by atoms with E-state index >= 15 is 0 Å². The fourth-order valence-corrected chi connectivity index (χ4v) is 2.99. The molecule has 1 amide bonds. The van der Waals surface area contributed by atoms with Crippen molar-refractivity contribution in [3.8, 4) is 0 Å². The molecule has 0 saturated carbocycles. The number of pyridine rings is 1. The van der Waals surface area contributed by atoms with Crippen LogP contribution in [0.25, 0.3) is 0 Å². The zero-order chi connectivity index (χ0) is 13.9. The van der Waals surface area contributed by atoms with Crippen LogP contribution in [0.2, 0.25) is 0 Å². The summed E-state index contributed by atoms with van der Waals surface area (Å²) in [6.45, 7) is 0.188. The Labute approximate surface area is 114 Å². The van der Waals surface area contributed by atoms with Gasteiger partial charge in [-0.25, -0.2) is 13.4 Å². The second-order valence-electron chi connectivity index (χ2n) is 3.80. The van der Waals surface area contributed by atoms with Gasteiger partial charge in [0.15, 0.2) is 0 Å². The normalized spacial score (nSPS) is 11.2. The molecule has 0 unspecified atom stereocenters. The number of nitrogens with one attached hydrogen (secondary N) is 1. The molecule has 0 spiro atoms. The number of aromatic nitrogens is 2. The van der Waals surface area contributed by atoms with Crippen molar-refractivity contribution in [1.29, 1.82) is 0 Å². The van der Waals surface area contributed by atoms with Crippen LogP contribution in [0.4, 0.5) is 0 Å². The molecule has 0 aromatic carbocycles. The molecule has 0 atom stereocenters. The van der Waals surface area contributed by atoms with Crippen LogP contribution in [0.5, 0.6) is 0 Å². The van der Waals surface area contributed by atoms with Crippen LogP contribution in [0.3, 0.4) is 0 Å². The van der Waals surface area contributed by atoms with Crippen molar-refractivity contribution in [3.63, 3.8) is 0 Å². The summed E-state index contributed by atoms with van der Waals surface area (Å²) in [4.78, 5) is 19.5. The predicted octanol–water partition coefficient (Wildman–Crippen LogP) is 0.872. The zero-order valence-corrected chi connectivity index (χ0v) is 11.7. The Morgan fingerprint density at radius 1 is 1.37 bits per heavy atom. The number of thiazole rings is 1. The van der Waals surface area contributed by atoms with E-state index in [-0.39, 0.29) is 16.8 Å². The number of sulfone groups is 1. The molecule has 2 heterocycles. The summed E-state index contributed by atoms with van der Waals surface area (Å²) in [5.74, 6) is -0.253. The van der Waals surface area contributed by atoms with E-state index in [1.807, 2.05) is 0 Å². The fraction of sp³-hybridized carbons (Fsp3) is 0.182. The second-order valence-corrected chi connectivity index (χ2v) is 6.84. The van der Waals surface area contributed by atoms with Gasteiger partial charge in [-0.15, -0.1) is 11.3 Å². The molecule has 0 bridgehead atoms. The lowest BCUT2D eigenvalue weighted by atomic mass is 10.2. The Morgan fingerprint density at radius 2 is 2.05 bits per heavy atom. The Balaban J connectivity index is 2.00. The molecule has 0 radical (unpaired) electrons. The zero-order valence-electron chi connectivity index (χ0n) is 10.0. The third-order valence-corrected chi connectivity index (χ3v) is 4.83. The molecule has 19 heavy (non-hydrogen) atoms. The molecule has 0 fully saturated rings. The number of rotatable bonds is 4. The van der Waals surface area contributed by atoms with Crippen molar-refractivity contribution in [2.24, 2.45) is 0 Å². The first kappa shape index (κ1) is 13.6. The van der Waals surface area contributed by atoms with Crippen LogP contribution in [-0.2, 0) is 16.4 Å². The fourth-order valence-electron chi connectivity index (χ4n) is 1.32. The molecule has 0 aliphatic heterocycles. The van der Waals surface area contributed by atoms with Gasteiger partial charge in [0.2, 0.25) is 14.2 Å². The molecular formula is C11H11N3O3S2. The molecule has 2 aromatic rings. The van der Waals surface area contributed by atoms with Crippen LogP contribution in [0.15, 0.2) is 34.2 Å². The SMILES string of the molecule is CS(=O)(=O)c1nc(CNC(=O)c2ccncc2)cs1. The number of hydrogen-bond acceptors (Lipinski definition) is 6. The summed E-state index contributed by atoms with van der Waals surface area (Å²) in [7, 11) is -3.29. The Morgan fingerprint density at radius 3 is 2.63 bits per heavy atom. The lowest BCUT2D eigenvalue weighted by molar-refractivity contribution is 0.0950. The van der Waals surface area contributed by atoms with Crippen molar-refractivity contribution < 1.29 is 13.2 Å². The highest BCUT2D eigenvalue weighted by Gasteiger charge is 2.13. The first-order valence-electron chi connectivity index (χ1n) is 5.29. The van der Waals surface area contributed by atoms with Gasteiger partial charge in [0, 0.05) is 29.6 Å². The Kier molecular flexibility index (Phi) is 3.91. The molecule has 1 N–H and O–H groups in total. The molecule has 100 valence electrons. The maximum atomic E-state index is 11.7. The molecule has 2 aromatic heterocycles. The summed E-state index contributed by atoms with van der Waals surface area (Å²) in [6.07, 6.45) is 4.16. The van der Waals surface area contributed by atoms with Gasteiger partial charge >= 0.3 is 0 Å². The van der Waals surface area contributed by atoms with E-state index in [1.54, 1.807) is 17.5 Å². The van der Waals surface area contributed by atoms with E-state index in [9.17, 15) is 13.2 Å². The van der Waals surface area contributed by atoms with Gasteiger partial charge in [0.1, 0.15) is 0 Å². The van der Waals surface area contributed by atoms with E-state index in [0.29, 0.717) is 11.3 Å². The average Bonchev–Trinajstić information content (AvgIpc) is 2.86. The van der Waals surface area contributed by atoms with Gasteiger partial charge in [-0.3, -0.25) is 9.78 Å². The van der Waals surface area contributed by atoms with Crippen LogP contribution in [-0.4, -0.2) is 30.5 Å². The lowest BCUT2D eigenvalue weighted by Crippen LogP contribution is -2.22. The highest BCUT2D eigenvalue weighted by atomic mass is 32.2. The molecule has 2 rings (SSSR count). The summed E-state index contributed by atoms with van der Waals surface area (Å²) in [6, 6.07) is 3.19. The van der Waals surface area contributed by atoms with Crippen molar-refractivity contribution in [2.45, 2.75) is 10.9 Å². The summed E-state index contributed by atoms with van der Waals surface area (Å²) in [5, 5.41) is 4.28. The first-order chi connectivity index (χ1) is 8.97. The van der Waals surface area contributed by atoms with Gasteiger partial charge in [-0.1, -0.05) is 0 Å². The van der Waals surface area contributed by atoms with Crippen molar-refractivity contribution in [3.05, 3.63) is 41.2 Å². The van der Waals surface area contributed by atoms with Crippen molar-refractivity contribution >= 4 is 27.1 Å². The summed E-state index contributed by atoms with van der Waals surface area (Å²) in [5.41, 5.74) is 1.02. The summed E-state index contributed by atoms with van der Waals surface area (Å²) < 4.78 is 22.6. The molecule has 0 saturated heterocycles. The van der Waals surface area contributed by atoms with Crippen molar-refractivity contribution in [2.75, 3.05) is 6.26 Å². The maximum Gasteiger partial charge on any atom is 0.251 e. The number of carbonyl (C=O) groups is 1. The van der Waals surface area contributed by atoms with Gasteiger partial charge in [-0.05, 0) is 12.1 Å². The minimum Gasteiger partial charge on any atom is -0.346 e. The van der Waals surface area contributed by atoms with Gasteiger partial charge in [-0.2, -0.15) is 0 Å². The minimum absolute atomic E-state index is 0.0562. The van der Waals surface area contributed by atoms with Crippen LogP contribution < -0.4 is 5.32 Å². The van der Waals surface area contributed by atoms with Crippen LogP contribution in [0.1, 0.15) is 16.1 Å². The van der Waals surface area contributed by atoms with Crippen molar-refractivity contribution in [1.82, 2.24) is 15.3 Å². The van der Waals surface area contributed by atoms with Gasteiger partial charge < -0.3 is 5.32 Å².